The van der Waals surface area contributed by atoms with Crippen LogP contribution >= 0.6 is 27.3 Å². The van der Waals surface area contributed by atoms with Crippen LogP contribution in [0.2, 0.25) is 0 Å². The molecule has 108 valence electrons. The predicted molar refractivity (Wildman–Crippen MR) is 83.5 cm³/mol. The fourth-order valence-corrected chi connectivity index (χ4v) is 4.68. The number of thiophene rings is 1. The lowest BCUT2D eigenvalue weighted by Gasteiger charge is -2.10. The summed E-state index contributed by atoms with van der Waals surface area (Å²) in [5.74, 6) is 0.592. The molecule has 0 aliphatic rings. The summed E-state index contributed by atoms with van der Waals surface area (Å²) in [6.07, 6.45) is 0. The van der Waals surface area contributed by atoms with Gasteiger partial charge in [0.2, 0.25) is 10.0 Å². The minimum Gasteiger partial charge on any atom is -0.496 e. The first kappa shape index (κ1) is 15.3. The highest BCUT2D eigenvalue weighted by Gasteiger charge is 2.17. The van der Waals surface area contributed by atoms with Crippen LogP contribution in [0.4, 0.5) is 5.69 Å². The average Bonchev–Trinajstić information content (AvgIpc) is 2.84. The second kappa shape index (κ2) is 6.13. The molecular formula is C12H13BrN2O3S2. The van der Waals surface area contributed by atoms with E-state index in [1.165, 1.54) is 7.11 Å². The average molecular weight is 377 g/mol. The molecule has 1 heterocycles. The Morgan fingerprint density at radius 3 is 2.70 bits per heavy atom. The van der Waals surface area contributed by atoms with Crippen molar-refractivity contribution in [2.75, 3.05) is 12.8 Å². The molecule has 8 heteroatoms. The first-order valence-electron chi connectivity index (χ1n) is 5.60. The SMILES string of the molecule is COc1ccc(N)cc1CNS(=O)(=O)c1ccc(Br)s1. The van der Waals surface area contributed by atoms with Crippen LogP contribution in [0, 0.1) is 0 Å². The molecule has 0 aliphatic carbocycles. The first-order valence-corrected chi connectivity index (χ1v) is 8.69. The molecule has 2 rings (SSSR count). The first-order chi connectivity index (χ1) is 9.42. The van der Waals surface area contributed by atoms with Crippen molar-refractivity contribution in [2.24, 2.45) is 0 Å². The number of ether oxygens (including phenoxy) is 1. The Morgan fingerprint density at radius 2 is 2.10 bits per heavy atom. The zero-order valence-electron chi connectivity index (χ0n) is 10.6. The van der Waals surface area contributed by atoms with E-state index in [2.05, 4.69) is 20.7 Å². The quantitative estimate of drug-likeness (QED) is 0.785. The van der Waals surface area contributed by atoms with Gasteiger partial charge >= 0.3 is 0 Å². The van der Waals surface area contributed by atoms with Crippen LogP contribution in [0.5, 0.6) is 5.75 Å². The molecule has 0 atom stereocenters. The molecule has 0 saturated carbocycles. The van der Waals surface area contributed by atoms with Gasteiger partial charge in [-0.3, -0.25) is 0 Å². The fraction of sp³-hybridized carbons (Fsp3) is 0.167. The second-order valence-corrected chi connectivity index (χ2v) is 8.41. The fourth-order valence-electron chi connectivity index (χ4n) is 1.62. The third-order valence-electron chi connectivity index (χ3n) is 2.57. The number of nitrogens with two attached hydrogens (primary N) is 1. The van der Waals surface area contributed by atoms with Crippen LogP contribution in [0.15, 0.2) is 38.3 Å². The summed E-state index contributed by atoms with van der Waals surface area (Å²) in [6.45, 7) is 0.117. The van der Waals surface area contributed by atoms with Crippen molar-refractivity contribution < 1.29 is 13.2 Å². The minimum absolute atomic E-state index is 0.117. The van der Waals surface area contributed by atoms with Gasteiger partial charge in [-0.25, -0.2) is 13.1 Å². The maximum Gasteiger partial charge on any atom is 0.250 e. The molecule has 5 nitrogen and oxygen atoms in total. The van der Waals surface area contributed by atoms with Crippen molar-refractivity contribution in [3.8, 4) is 5.75 Å². The van der Waals surface area contributed by atoms with Gasteiger partial charge in [-0.2, -0.15) is 0 Å². The molecule has 0 aliphatic heterocycles. The summed E-state index contributed by atoms with van der Waals surface area (Å²) >= 11 is 4.40. The zero-order chi connectivity index (χ0) is 14.8. The van der Waals surface area contributed by atoms with Crippen LogP contribution in [0.1, 0.15) is 5.56 Å². The van der Waals surface area contributed by atoms with E-state index in [-0.39, 0.29) is 10.8 Å². The third-order valence-corrected chi connectivity index (χ3v) is 6.09. The van der Waals surface area contributed by atoms with Gasteiger partial charge in [-0.05, 0) is 46.3 Å². The molecule has 0 fully saturated rings. The van der Waals surface area contributed by atoms with Crippen molar-refractivity contribution in [1.82, 2.24) is 4.72 Å². The Bertz CT molecular complexity index is 713. The molecule has 2 aromatic rings. The van der Waals surface area contributed by atoms with Crippen molar-refractivity contribution in [3.63, 3.8) is 0 Å². The lowest BCUT2D eigenvalue weighted by molar-refractivity contribution is 0.409. The van der Waals surface area contributed by atoms with Crippen LogP contribution in [0.3, 0.4) is 0 Å². The van der Waals surface area contributed by atoms with Gasteiger partial charge in [-0.15, -0.1) is 11.3 Å². The molecule has 3 N–H and O–H groups in total. The minimum atomic E-state index is -3.53. The second-order valence-electron chi connectivity index (χ2n) is 3.95. The van der Waals surface area contributed by atoms with Gasteiger partial charge in [0, 0.05) is 17.8 Å². The Balaban J connectivity index is 2.18. The number of benzene rings is 1. The number of sulfonamides is 1. The van der Waals surface area contributed by atoms with E-state index in [1.807, 2.05) is 0 Å². The highest BCUT2D eigenvalue weighted by atomic mass is 79.9. The summed E-state index contributed by atoms with van der Waals surface area (Å²) in [7, 11) is -2.01. The topological polar surface area (TPSA) is 81.4 Å². The lowest BCUT2D eigenvalue weighted by atomic mass is 10.2. The molecule has 0 radical (unpaired) electrons. The summed E-state index contributed by atoms with van der Waals surface area (Å²) < 4.78 is 33.0. The molecule has 1 aromatic heterocycles. The molecule has 1 aromatic carbocycles. The Kier molecular flexibility index (Phi) is 4.69. The summed E-state index contributed by atoms with van der Waals surface area (Å²) in [5.41, 5.74) is 6.94. The Labute approximate surface area is 129 Å². The predicted octanol–water partition coefficient (Wildman–Crippen LogP) is 2.58. The van der Waals surface area contributed by atoms with Gasteiger partial charge in [0.15, 0.2) is 0 Å². The van der Waals surface area contributed by atoms with Crippen LogP contribution in [0.25, 0.3) is 0 Å². The molecule has 20 heavy (non-hydrogen) atoms. The van der Waals surface area contributed by atoms with Gasteiger partial charge in [0.25, 0.3) is 0 Å². The molecule has 0 saturated heterocycles. The third kappa shape index (κ3) is 3.51. The molecule has 0 bridgehead atoms. The molecule has 0 spiro atoms. The number of anilines is 1. The van der Waals surface area contributed by atoms with E-state index in [4.69, 9.17) is 10.5 Å². The number of halogens is 1. The van der Waals surface area contributed by atoms with Crippen molar-refractivity contribution in [1.29, 1.82) is 0 Å². The standard InChI is InChI=1S/C12H13BrN2O3S2/c1-18-10-3-2-9(14)6-8(10)7-15-20(16,17)12-5-4-11(13)19-12/h2-6,15H,7,14H2,1H3. The number of hydrogen-bond acceptors (Lipinski definition) is 5. The van der Waals surface area contributed by atoms with Gasteiger partial charge in [0.05, 0.1) is 10.9 Å². The maximum absolute atomic E-state index is 12.1. The number of hydrogen-bond donors (Lipinski definition) is 2. The smallest absolute Gasteiger partial charge is 0.250 e. The van der Waals surface area contributed by atoms with E-state index in [0.29, 0.717) is 17.0 Å². The van der Waals surface area contributed by atoms with E-state index in [9.17, 15) is 8.42 Å². The number of rotatable bonds is 5. The summed E-state index contributed by atoms with van der Waals surface area (Å²) in [6, 6.07) is 8.34. The van der Waals surface area contributed by atoms with Crippen LogP contribution < -0.4 is 15.2 Å². The Hall–Kier alpha value is -1.09. The van der Waals surface area contributed by atoms with E-state index in [1.54, 1.807) is 30.3 Å². The van der Waals surface area contributed by atoms with E-state index < -0.39 is 10.0 Å². The number of methoxy groups -OCH3 is 1. The van der Waals surface area contributed by atoms with Gasteiger partial charge < -0.3 is 10.5 Å². The van der Waals surface area contributed by atoms with Gasteiger partial charge in [-0.1, -0.05) is 0 Å². The highest BCUT2D eigenvalue weighted by molar-refractivity contribution is 9.11. The highest BCUT2D eigenvalue weighted by Crippen LogP contribution is 2.26. The molecular weight excluding hydrogens is 364 g/mol. The monoisotopic (exact) mass is 376 g/mol. The van der Waals surface area contributed by atoms with E-state index >= 15 is 0 Å². The van der Waals surface area contributed by atoms with Crippen molar-refractivity contribution >= 4 is 43.0 Å². The summed E-state index contributed by atoms with van der Waals surface area (Å²) in [4.78, 5) is 0. The van der Waals surface area contributed by atoms with Gasteiger partial charge in [0.1, 0.15) is 9.96 Å². The van der Waals surface area contributed by atoms with Crippen molar-refractivity contribution in [3.05, 3.63) is 39.7 Å². The molecule has 0 unspecified atom stereocenters. The lowest BCUT2D eigenvalue weighted by Crippen LogP contribution is -2.22. The normalized spacial score (nSPS) is 11.5. The summed E-state index contributed by atoms with van der Waals surface area (Å²) in [5, 5.41) is 0. The van der Waals surface area contributed by atoms with E-state index in [0.717, 1.165) is 15.1 Å². The molecule has 0 amide bonds. The Morgan fingerprint density at radius 1 is 1.35 bits per heavy atom. The number of nitrogen functional groups attached to an aromatic ring is 1. The van der Waals surface area contributed by atoms with Crippen LogP contribution in [-0.4, -0.2) is 15.5 Å². The maximum atomic E-state index is 12.1. The van der Waals surface area contributed by atoms with Crippen molar-refractivity contribution in [2.45, 2.75) is 10.8 Å². The van der Waals surface area contributed by atoms with Crippen LogP contribution in [-0.2, 0) is 16.6 Å². The largest absolute Gasteiger partial charge is 0.496 e. The number of nitrogens with one attached hydrogen (secondary N) is 1. The zero-order valence-corrected chi connectivity index (χ0v) is 13.8.